The van der Waals surface area contributed by atoms with E-state index < -0.39 is 16.3 Å². The summed E-state index contributed by atoms with van der Waals surface area (Å²) in [5, 5.41) is 12.2. The summed E-state index contributed by atoms with van der Waals surface area (Å²) in [4.78, 5) is 12.4. The maximum Gasteiger partial charge on any atom is 0.286 e. The highest BCUT2D eigenvalue weighted by Crippen LogP contribution is 2.25. The number of carbonyl (C=O) groups excluding carboxylic acids is 1. The maximum absolute atomic E-state index is 12.9. The second-order valence-electron chi connectivity index (χ2n) is 7.71. The number of nitrogens with one attached hydrogen (secondary N) is 1. The van der Waals surface area contributed by atoms with E-state index in [1.165, 1.54) is 19.2 Å². The van der Waals surface area contributed by atoms with Crippen LogP contribution in [0.4, 0.5) is 0 Å². The number of aliphatic hydroxyl groups is 1. The van der Waals surface area contributed by atoms with Crippen molar-refractivity contribution in [2.75, 3.05) is 33.4 Å². The number of allylic oxidation sites excluding steroid dienone is 1. The van der Waals surface area contributed by atoms with Gasteiger partial charge in [0, 0.05) is 25.6 Å². The number of methoxy groups -OCH3 is 1. The summed E-state index contributed by atoms with van der Waals surface area (Å²) in [7, 11) is -2.31. The predicted molar refractivity (Wildman–Crippen MR) is 113 cm³/mol. The normalized spacial score (nSPS) is 21.4. The van der Waals surface area contributed by atoms with Crippen molar-refractivity contribution in [1.82, 2.24) is 9.62 Å². The van der Waals surface area contributed by atoms with E-state index >= 15 is 0 Å². The van der Waals surface area contributed by atoms with Gasteiger partial charge in [0.25, 0.3) is 5.91 Å². The fraction of sp³-hybridized carbons (Fsp3) is 0.571. The van der Waals surface area contributed by atoms with E-state index in [1.807, 2.05) is 6.92 Å². The zero-order valence-electron chi connectivity index (χ0n) is 17.8. The van der Waals surface area contributed by atoms with Gasteiger partial charge in [0.1, 0.15) is 5.75 Å². The van der Waals surface area contributed by atoms with Crippen LogP contribution in [0.5, 0.6) is 5.75 Å². The minimum absolute atomic E-state index is 0.0382. The maximum atomic E-state index is 12.9. The number of benzene rings is 1. The molecule has 0 aromatic heterocycles. The summed E-state index contributed by atoms with van der Waals surface area (Å²) in [6, 6.07) is 6.28. The fourth-order valence-electron chi connectivity index (χ4n) is 3.22. The molecule has 1 aliphatic carbocycles. The number of ether oxygens (including phenoxy) is 3. The summed E-state index contributed by atoms with van der Waals surface area (Å²) in [5.41, 5.74) is 0. The third kappa shape index (κ3) is 6.42. The molecule has 0 bridgehead atoms. The summed E-state index contributed by atoms with van der Waals surface area (Å²) in [5.74, 6) is 0.643. The molecule has 1 fully saturated rings. The number of amides is 1. The van der Waals surface area contributed by atoms with Crippen LogP contribution in [-0.4, -0.2) is 69.5 Å². The minimum Gasteiger partial charge on any atom is -0.497 e. The average molecular weight is 455 g/mol. The first-order valence-corrected chi connectivity index (χ1v) is 11.8. The van der Waals surface area contributed by atoms with E-state index in [9.17, 15) is 18.3 Å². The monoisotopic (exact) mass is 454 g/mol. The van der Waals surface area contributed by atoms with E-state index in [4.69, 9.17) is 14.2 Å². The first-order valence-electron chi connectivity index (χ1n) is 10.4. The smallest absolute Gasteiger partial charge is 0.286 e. The number of aliphatic hydroxyl groups excluding tert-OH is 1. The SMILES string of the molecule is COc1ccc(S(=O)(=O)N(CCO)CCO[C@H]2C[C@@H](C)C=C(C(=O)NC3CC3)O2)cc1. The van der Waals surface area contributed by atoms with E-state index in [0.29, 0.717) is 12.2 Å². The van der Waals surface area contributed by atoms with Gasteiger partial charge in [-0.3, -0.25) is 4.79 Å². The molecule has 10 heteroatoms. The Kier molecular flexibility index (Phi) is 7.93. The van der Waals surface area contributed by atoms with Gasteiger partial charge in [0.05, 0.1) is 25.2 Å². The van der Waals surface area contributed by atoms with Gasteiger partial charge < -0.3 is 24.6 Å². The second kappa shape index (κ2) is 10.4. The van der Waals surface area contributed by atoms with Crippen molar-refractivity contribution in [3.05, 3.63) is 36.1 Å². The molecule has 0 saturated heterocycles. The molecule has 172 valence electrons. The van der Waals surface area contributed by atoms with Gasteiger partial charge in [-0.25, -0.2) is 8.42 Å². The lowest BCUT2D eigenvalue weighted by atomic mass is 10.0. The van der Waals surface area contributed by atoms with Crippen LogP contribution in [0.25, 0.3) is 0 Å². The van der Waals surface area contributed by atoms with Gasteiger partial charge >= 0.3 is 0 Å². The lowest BCUT2D eigenvalue weighted by Crippen LogP contribution is -2.38. The molecule has 2 N–H and O–H groups in total. The largest absolute Gasteiger partial charge is 0.497 e. The molecule has 1 saturated carbocycles. The Bertz CT molecular complexity index is 881. The average Bonchev–Trinajstić information content (AvgIpc) is 3.56. The molecule has 0 spiro atoms. The van der Waals surface area contributed by atoms with Crippen LogP contribution in [0.15, 0.2) is 41.0 Å². The van der Waals surface area contributed by atoms with Crippen molar-refractivity contribution >= 4 is 15.9 Å². The molecule has 0 unspecified atom stereocenters. The lowest BCUT2D eigenvalue weighted by molar-refractivity contribution is -0.148. The predicted octanol–water partition coefficient (Wildman–Crippen LogP) is 1.24. The Morgan fingerprint density at radius 2 is 1.97 bits per heavy atom. The summed E-state index contributed by atoms with van der Waals surface area (Å²) < 4.78 is 43.5. The van der Waals surface area contributed by atoms with Crippen molar-refractivity contribution < 1.29 is 32.5 Å². The number of sulfonamides is 1. The molecule has 31 heavy (non-hydrogen) atoms. The zero-order chi connectivity index (χ0) is 22.4. The first-order chi connectivity index (χ1) is 14.8. The highest BCUT2D eigenvalue weighted by Gasteiger charge is 2.30. The van der Waals surface area contributed by atoms with Crippen LogP contribution in [-0.2, 0) is 24.3 Å². The van der Waals surface area contributed by atoms with Crippen molar-refractivity contribution in [2.24, 2.45) is 5.92 Å². The molecule has 3 rings (SSSR count). The minimum atomic E-state index is -3.81. The van der Waals surface area contributed by atoms with Crippen molar-refractivity contribution in [1.29, 1.82) is 0 Å². The molecule has 1 aromatic carbocycles. The highest BCUT2D eigenvalue weighted by atomic mass is 32.2. The second-order valence-corrected chi connectivity index (χ2v) is 9.65. The van der Waals surface area contributed by atoms with Crippen molar-refractivity contribution in [3.63, 3.8) is 0 Å². The quantitative estimate of drug-likeness (QED) is 0.517. The molecule has 9 nitrogen and oxygen atoms in total. The number of hydrogen-bond acceptors (Lipinski definition) is 7. The van der Waals surface area contributed by atoms with E-state index in [1.54, 1.807) is 18.2 Å². The summed E-state index contributed by atoms with van der Waals surface area (Å²) >= 11 is 0. The topological polar surface area (TPSA) is 114 Å². The van der Waals surface area contributed by atoms with Crippen LogP contribution in [0, 0.1) is 5.92 Å². The highest BCUT2D eigenvalue weighted by molar-refractivity contribution is 7.89. The Morgan fingerprint density at radius 1 is 1.26 bits per heavy atom. The van der Waals surface area contributed by atoms with Gasteiger partial charge in [-0.2, -0.15) is 4.31 Å². The molecule has 2 atom stereocenters. The lowest BCUT2D eigenvalue weighted by Gasteiger charge is -2.28. The Hall–Kier alpha value is -2.14. The van der Waals surface area contributed by atoms with Crippen LogP contribution in [0.2, 0.25) is 0 Å². The molecular weight excluding hydrogens is 424 g/mol. The van der Waals surface area contributed by atoms with E-state index in [-0.39, 0.29) is 54.8 Å². The standard InChI is InChI=1S/C21H30N2O7S/c1-15-13-19(21(25)22-16-3-4-16)30-20(14-15)29-12-10-23(9-11-24)31(26,27)18-7-5-17(28-2)6-8-18/h5-8,13,15-16,20,24H,3-4,9-12,14H2,1-2H3,(H,22,25)/t15-,20+/m0/s1. The van der Waals surface area contributed by atoms with Gasteiger partial charge in [-0.1, -0.05) is 6.92 Å². The third-order valence-corrected chi connectivity index (χ3v) is 7.00. The van der Waals surface area contributed by atoms with Crippen LogP contribution < -0.4 is 10.1 Å². The van der Waals surface area contributed by atoms with Crippen LogP contribution >= 0.6 is 0 Å². The van der Waals surface area contributed by atoms with E-state index in [0.717, 1.165) is 17.1 Å². The number of hydrogen-bond donors (Lipinski definition) is 2. The van der Waals surface area contributed by atoms with Gasteiger partial charge in [-0.15, -0.1) is 0 Å². The Labute approximate surface area is 183 Å². The molecule has 1 aromatic rings. The first kappa shape index (κ1) is 23.5. The molecule has 2 aliphatic rings. The van der Waals surface area contributed by atoms with Crippen molar-refractivity contribution in [2.45, 2.75) is 43.4 Å². The van der Waals surface area contributed by atoms with Crippen molar-refractivity contribution in [3.8, 4) is 5.75 Å². The summed E-state index contributed by atoms with van der Waals surface area (Å²) in [6.07, 6.45) is 3.67. The van der Waals surface area contributed by atoms with Gasteiger partial charge in [-0.05, 0) is 49.1 Å². The molecule has 1 aliphatic heterocycles. The van der Waals surface area contributed by atoms with E-state index in [2.05, 4.69) is 5.32 Å². The van der Waals surface area contributed by atoms with Gasteiger partial charge in [0.15, 0.2) is 5.76 Å². The molecule has 1 heterocycles. The molecule has 1 amide bonds. The van der Waals surface area contributed by atoms with Gasteiger partial charge in [0.2, 0.25) is 16.3 Å². The van der Waals surface area contributed by atoms with Crippen LogP contribution in [0.1, 0.15) is 26.2 Å². The zero-order valence-corrected chi connectivity index (χ0v) is 18.6. The number of rotatable bonds is 11. The molecular formula is C21H30N2O7S. The third-order valence-electron chi connectivity index (χ3n) is 5.09. The number of carbonyl (C=O) groups is 1. The molecule has 0 radical (unpaired) electrons. The fourth-order valence-corrected chi connectivity index (χ4v) is 4.64. The Morgan fingerprint density at radius 3 is 2.58 bits per heavy atom. The number of nitrogens with zero attached hydrogens (tertiary/aromatic N) is 1. The Balaban J connectivity index is 1.57. The van der Waals surface area contributed by atoms with Crippen LogP contribution in [0.3, 0.4) is 0 Å². The summed E-state index contributed by atoms with van der Waals surface area (Å²) in [6.45, 7) is 1.69.